The number of amides is 1. The van der Waals surface area contributed by atoms with Gasteiger partial charge in [0.1, 0.15) is 11.9 Å². The maximum atomic E-state index is 14.6. The average molecular weight is 356 g/mol. The van der Waals surface area contributed by atoms with Crippen LogP contribution in [0.5, 0.6) is 0 Å². The second-order valence-electron chi connectivity index (χ2n) is 5.96. The van der Waals surface area contributed by atoms with Crippen molar-refractivity contribution in [1.29, 1.82) is 0 Å². The van der Waals surface area contributed by atoms with E-state index >= 15 is 0 Å². The number of cyclic esters (lactones) is 1. The summed E-state index contributed by atoms with van der Waals surface area (Å²) in [7, 11) is 0. The van der Waals surface area contributed by atoms with Crippen LogP contribution in [0.2, 0.25) is 0 Å². The van der Waals surface area contributed by atoms with Gasteiger partial charge in [0, 0.05) is 25.1 Å². The molecule has 8 nitrogen and oxygen atoms in total. The van der Waals surface area contributed by atoms with Crippen molar-refractivity contribution in [2.24, 2.45) is 5.73 Å². The molecule has 0 aliphatic carbocycles. The Morgan fingerprint density at radius 2 is 2.27 bits per heavy atom. The summed E-state index contributed by atoms with van der Waals surface area (Å²) in [5.41, 5.74) is 7.06. The maximum absolute atomic E-state index is 14.6. The predicted molar refractivity (Wildman–Crippen MR) is 91.5 cm³/mol. The average Bonchev–Trinajstić information content (AvgIpc) is 3.36. The van der Waals surface area contributed by atoms with Crippen LogP contribution in [0.25, 0.3) is 5.69 Å². The van der Waals surface area contributed by atoms with E-state index in [4.69, 9.17) is 10.5 Å². The van der Waals surface area contributed by atoms with Crippen LogP contribution >= 0.6 is 0 Å². The molecule has 0 unspecified atom stereocenters. The Morgan fingerprint density at radius 1 is 1.38 bits per heavy atom. The molecule has 1 fully saturated rings. The fourth-order valence-corrected chi connectivity index (χ4v) is 2.87. The third-order valence-electron chi connectivity index (χ3n) is 4.18. The van der Waals surface area contributed by atoms with Gasteiger partial charge in [0.15, 0.2) is 0 Å². The molecule has 1 amide bonds. The first-order valence-electron chi connectivity index (χ1n) is 8.12. The largest absolute Gasteiger partial charge is 0.443 e. The molecule has 1 aliphatic heterocycles. The number of hydrogen-bond donors (Lipinski definition) is 1. The van der Waals surface area contributed by atoms with Crippen molar-refractivity contribution in [3.05, 3.63) is 60.7 Å². The van der Waals surface area contributed by atoms with Crippen LogP contribution in [0, 0.1) is 5.82 Å². The standard InChI is InChI=1S/C17H17FN6O2/c18-15-6-13(24-10-14(7-19)26-17(24)25)2-3-16(15)22-8-12(20-11-22)9-23-5-1-4-21-23/h1-6,8,11,14H,7,9-10,19H2/t14-/m0/s1. The fraction of sp³-hybridized carbons (Fsp3) is 0.235. The van der Waals surface area contributed by atoms with E-state index in [1.54, 1.807) is 40.1 Å². The monoisotopic (exact) mass is 356 g/mol. The molecule has 3 aromatic rings. The number of ether oxygens (including phenoxy) is 1. The zero-order valence-corrected chi connectivity index (χ0v) is 13.8. The molecule has 2 N–H and O–H groups in total. The van der Waals surface area contributed by atoms with Gasteiger partial charge in [-0.05, 0) is 24.3 Å². The van der Waals surface area contributed by atoms with Crippen molar-refractivity contribution < 1.29 is 13.9 Å². The zero-order chi connectivity index (χ0) is 18.1. The summed E-state index contributed by atoms with van der Waals surface area (Å²) in [4.78, 5) is 17.5. The number of nitrogens with zero attached hydrogens (tertiary/aromatic N) is 5. The molecule has 26 heavy (non-hydrogen) atoms. The molecule has 1 atom stereocenters. The Balaban J connectivity index is 1.55. The number of imidazole rings is 1. The van der Waals surface area contributed by atoms with Crippen molar-refractivity contribution in [3.63, 3.8) is 0 Å². The van der Waals surface area contributed by atoms with Gasteiger partial charge in [-0.25, -0.2) is 14.2 Å². The highest BCUT2D eigenvalue weighted by atomic mass is 19.1. The Morgan fingerprint density at radius 3 is 2.96 bits per heavy atom. The minimum atomic E-state index is -0.517. The van der Waals surface area contributed by atoms with Crippen molar-refractivity contribution in [2.45, 2.75) is 12.6 Å². The van der Waals surface area contributed by atoms with E-state index in [2.05, 4.69) is 10.1 Å². The Bertz CT molecular complexity index is 923. The smallest absolute Gasteiger partial charge is 0.414 e. The highest BCUT2D eigenvalue weighted by Crippen LogP contribution is 2.25. The van der Waals surface area contributed by atoms with Crippen LogP contribution in [0.3, 0.4) is 0 Å². The van der Waals surface area contributed by atoms with Gasteiger partial charge < -0.3 is 15.0 Å². The number of rotatable bonds is 5. The van der Waals surface area contributed by atoms with Crippen LogP contribution < -0.4 is 10.6 Å². The third-order valence-corrected chi connectivity index (χ3v) is 4.18. The fourth-order valence-electron chi connectivity index (χ4n) is 2.87. The number of halogens is 1. The number of anilines is 1. The summed E-state index contributed by atoms with van der Waals surface area (Å²) in [5.74, 6) is -0.463. The molecule has 0 bridgehead atoms. The number of benzene rings is 1. The van der Waals surface area contributed by atoms with Crippen LogP contribution in [-0.2, 0) is 11.3 Å². The lowest BCUT2D eigenvalue weighted by Crippen LogP contribution is -2.27. The minimum Gasteiger partial charge on any atom is -0.443 e. The predicted octanol–water partition coefficient (Wildman–Crippen LogP) is 1.54. The van der Waals surface area contributed by atoms with Crippen molar-refractivity contribution in [2.75, 3.05) is 18.0 Å². The molecule has 0 radical (unpaired) electrons. The first-order valence-corrected chi connectivity index (χ1v) is 8.12. The molecule has 9 heteroatoms. The molecule has 3 heterocycles. The summed E-state index contributed by atoms with van der Waals surface area (Å²) in [6.07, 6.45) is 5.92. The highest BCUT2D eigenvalue weighted by molar-refractivity contribution is 5.89. The molecular formula is C17H17FN6O2. The maximum Gasteiger partial charge on any atom is 0.414 e. The summed E-state index contributed by atoms with van der Waals surface area (Å²) in [6.45, 7) is 1.05. The second-order valence-corrected chi connectivity index (χ2v) is 5.96. The van der Waals surface area contributed by atoms with Crippen molar-refractivity contribution >= 4 is 11.8 Å². The summed E-state index contributed by atoms with van der Waals surface area (Å²) in [5, 5.41) is 4.12. The summed E-state index contributed by atoms with van der Waals surface area (Å²) in [6, 6.07) is 6.41. The Kier molecular flexibility index (Phi) is 4.13. The van der Waals surface area contributed by atoms with Gasteiger partial charge in [-0.1, -0.05) is 0 Å². The van der Waals surface area contributed by atoms with E-state index in [-0.39, 0.29) is 12.6 Å². The Labute approximate surface area is 148 Å². The number of carbonyl (C=O) groups excluding carboxylic acids is 1. The van der Waals surface area contributed by atoms with E-state index in [1.165, 1.54) is 11.0 Å². The molecular weight excluding hydrogens is 339 g/mol. The quantitative estimate of drug-likeness (QED) is 0.749. The van der Waals surface area contributed by atoms with E-state index in [1.807, 2.05) is 12.3 Å². The van der Waals surface area contributed by atoms with Crippen molar-refractivity contribution in [1.82, 2.24) is 19.3 Å². The number of carbonyl (C=O) groups is 1. The van der Waals surface area contributed by atoms with Gasteiger partial charge >= 0.3 is 6.09 Å². The second kappa shape index (κ2) is 6.60. The normalized spacial score (nSPS) is 16.9. The molecule has 1 saturated heterocycles. The third kappa shape index (κ3) is 3.04. The SMILES string of the molecule is NC[C@H]1CN(c2ccc(-n3cnc(Cn4cccn4)c3)c(F)c2)C(=O)O1. The minimum absolute atomic E-state index is 0.233. The molecule has 4 rings (SSSR count). The molecule has 2 aromatic heterocycles. The van der Waals surface area contributed by atoms with E-state index < -0.39 is 11.9 Å². The molecule has 0 spiro atoms. The lowest BCUT2D eigenvalue weighted by Gasteiger charge is -2.14. The number of hydrogen-bond acceptors (Lipinski definition) is 5. The van der Waals surface area contributed by atoms with E-state index in [9.17, 15) is 9.18 Å². The van der Waals surface area contributed by atoms with Gasteiger partial charge in [0.05, 0.1) is 36.5 Å². The molecule has 134 valence electrons. The van der Waals surface area contributed by atoms with Gasteiger partial charge in [0.25, 0.3) is 0 Å². The lowest BCUT2D eigenvalue weighted by atomic mass is 10.2. The van der Waals surface area contributed by atoms with Gasteiger partial charge in [-0.3, -0.25) is 9.58 Å². The van der Waals surface area contributed by atoms with Crippen LogP contribution in [0.15, 0.2) is 49.2 Å². The molecule has 1 aromatic carbocycles. The molecule has 0 saturated carbocycles. The highest BCUT2D eigenvalue weighted by Gasteiger charge is 2.31. The number of nitrogens with two attached hydrogens (primary N) is 1. The first-order chi connectivity index (χ1) is 12.6. The van der Waals surface area contributed by atoms with Crippen molar-refractivity contribution in [3.8, 4) is 5.69 Å². The molecule has 1 aliphatic rings. The zero-order valence-electron chi connectivity index (χ0n) is 13.8. The van der Waals surface area contributed by atoms with Gasteiger partial charge in [-0.2, -0.15) is 5.10 Å². The topological polar surface area (TPSA) is 91.2 Å². The van der Waals surface area contributed by atoms with E-state index in [0.29, 0.717) is 24.5 Å². The lowest BCUT2D eigenvalue weighted by molar-refractivity contribution is 0.145. The van der Waals surface area contributed by atoms with Gasteiger partial charge in [-0.15, -0.1) is 0 Å². The van der Waals surface area contributed by atoms with Crippen LogP contribution in [-0.4, -0.2) is 44.6 Å². The first kappa shape index (κ1) is 16.3. The van der Waals surface area contributed by atoms with Crippen LogP contribution in [0.4, 0.5) is 14.9 Å². The van der Waals surface area contributed by atoms with Crippen LogP contribution in [0.1, 0.15) is 5.69 Å². The van der Waals surface area contributed by atoms with Gasteiger partial charge in [0.2, 0.25) is 0 Å². The summed E-state index contributed by atoms with van der Waals surface area (Å²) < 4.78 is 23.0. The Hall–Kier alpha value is -3.20. The number of aromatic nitrogens is 4. The summed E-state index contributed by atoms with van der Waals surface area (Å²) >= 11 is 0. The van der Waals surface area contributed by atoms with E-state index in [0.717, 1.165) is 5.69 Å².